The molecule has 0 saturated heterocycles. The molecule has 0 amide bonds. The molecule has 5 heteroatoms. The van der Waals surface area contributed by atoms with E-state index < -0.39 is 6.16 Å². The standard InChI is InChI=1S/C7H8.CH2O3.ClH.Na.H/c1-7-5-3-2-4-6-7;2-1(3)4;;;/h2-6H,1H3;(H2,2,3,4);1H;;. The van der Waals surface area contributed by atoms with E-state index >= 15 is 0 Å². The summed E-state index contributed by atoms with van der Waals surface area (Å²) in [4.78, 5) is 8.56. The minimum absolute atomic E-state index is 0. The maximum atomic E-state index is 8.56. The van der Waals surface area contributed by atoms with Gasteiger partial charge in [-0.25, -0.2) is 4.79 Å². The second kappa shape index (κ2) is 11.8. The molecule has 0 heterocycles. The predicted molar refractivity (Wildman–Crippen MR) is 56.2 cm³/mol. The van der Waals surface area contributed by atoms with Gasteiger partial charge >= 0.3 is 35.7 Å². The Labute approximate surface area is 105 Å². The van der Waals surface area contributed by atoms with Crippen LogP contribution >= 0.6 is 12.4 Å². The fourth-order valence-corrected chi connectivity index (χ4v) is 0.534. The summed E-state index contributed by atoms with van der Waals surface area (Å²) < 4.78 is 0. The van der Waals surface area contributed by atoms with E-state index in [1.807, 2.05) is 18.2 Å². The summed E-state index contributed by atoms with van der Waals surface area (Å²) in [7, 11) is 0. The van der Waals surface area contributed by atoms with Crippen LogP contribution < -0.4 is 0 Å². The maximum absolute atomic E-state index is 8.56. The van der Waals surface area contributed by atoms with Crippen LogP contribution in [0.5, 0.6) is 0 Å². The van der Waals surface area contributed by atoms with Crippen molar-refractivity contribution in [3.63, 3.8) is 0 Å². The Morgan fingerprint density at radius 1 is 1.15 bits per heavy atom. The average Bonchev–Trinajstić information content (AvgIpc) is 1.87. The van der Waals surface area contributed by atoms with Crippen LogP contribution in [-0.2, 0) is 0 Å². The van der Waals surface area contributed by atoms with Crippen molar-refractivity contribution >= 4 is 48.1 Å². The first-order chi connectivity index (χ1) is 5.13. The molecule has 0 aliphatic rings. The first-order valence-corrected chi connectivity index (χ1v) is 3.06. The Morgan fingerprint density at radius 2 is 1.46 bits per heavy atom. The van der Waals surface area contributed by atoms with Gasteiger partial charge in [-0.15, -0.1) is 12.4 Å². The molecule has 3 nitrogen and oxygen atoms in total. The zero-order chi connectivity index (χ0) is 8.69. The van der Waals surface area contributed by atoms with E-state index in [1.54, 1.807) is 0 Å². The van der Waals surface area contributed by atoms with Crippen molar-refractivity contribution in [1.29, 1.82) is 0 Å². The van der Waals surface area contributed by atoms with Gasteiger partial charge in [0.25, 0.3) is 0 Å². The van der Waals surface area contributed by atoms with E-state index in [9.17, 15) is 0 Å². The Hall–Kier alpha value is -0.220. The van der Waals surface area contributed by atoms with Gasteiger partial charge in [-0.05, 0) is 6.92 Å². The van der Waals surface area contributed by atoms with Crippen molar-refractivity contribution in [2.75, 3.05) is 0 Å². The number of carboxylic acid groups (broad SMARTS) is 2. The summed E-state index contributed by atoms with van der Waals surface area (Å²) in [5.41, 5.74) is 1.32. The van der Waals surface area contributed by atoms with Gasteiger partial charge in [0, 0.05) is 0 Å². The number of hydrogen-bond donors (Lipinski definition) is 2. The molecule has 0 saturated carbocycles. The summed E-state index contributed by atoms with van der Waals surface area (Å²) in [6.45, 7) is 2.08. The first kappa shape index (κ1) is 18.5. The predicted octanol–water partition coefficient (Wildman–Crippen LogP) is 1.99. The molecule has 0 spiro atoms. The Bertz CT molecular complexity index is 212. The van der Waals surface area contributed by atoms with Crippen LogP contribution in [0.4, 0.5) is 4.79 Å². The molecule has 0 aliphatic carbocycles. The third-order valence-corrected chi connectivity index (χ3v) is 0.940. The minimum atomic E-state index is -1.83. The summed E-state index contributed by atoms with van der Waals surface area (Å²) in [5, 5.41) is 13.9. The molecule has 1 aromatic carbocycles. The molecule has 1 rings (SSSR count). The molecular weight excluding hydrogens is 203 g/mol. The molecule has 70 valence electrons. The van der Waals surface area contributed by atoms with Crippen molar-refractivity contribution in [3.8, 4) is 0 Å². The quantitative estimate of drug-likeness (QED) is 0.650. The van der Waals surface area contributed by atoms with Gasteiger partial charge in [0.1, 0.15) is 0 Å². The molecular formula is C8H12ClNaO3. The SMILES string of the molecule is Cc1ccccc1.Cl.O=C(O)O.[NaH]. The number of hydrogen-bond acceptors (Lipinski definition) is 1. The summed E-state index contributed by atoms with van der Waals surface area (Å²) >= 11 is 0. The molecule has 0 atom stereocenters. The third-order valence-electron chi connectivity index (χ3n) is 0.940. The van der Waals surface area contributed by atoms with E-state index in [0.717, 1.165) is 0 Å². The van der Waals surface area contributed by atoms with Crippen molar-refractivity contribution in [1.82, 2.24) is 0 Å². The van der Waals surface area contributed by atoms with E-state index in [1.165, 1.54) is 5.56 Å². The van der Waals surface area contributed by atoms with Crippen LogP contribution in [0.25, 0.3) is 0 Å². The molecule has 13 heavy (non-hydrogen) atoms. The Kier molecular flexibility index (Phi) is 16.8. The second-order valence-corrected chi connectivity index (χ2v) is 1.94. The zero-order valence-electron chi connectivity index (χ0n) is 6.60. The van der Waals surface area contributed by atoms with Crippen LogP contribution in [0.1, 0.15) is 5.56 Å². The van der Waals surface area contributed by atoms with Gasteiger partial charge in [0.2, 0.25) is 0 Å². The number of halogens is 1. The van der Waals surface area contributed by atoms with Crippen LogP contribution in [0.2, 0.25) is 0 Å². The van der Waals surface area contributed by atoms with E-state index in [4.69, 9.17) is 15.0 Å². The molecule has 2 N–H and O–H groups in total. The molecule has 0 bridgehead atoms. The number of rotatable bonds is 0. The summed E-state index contributed by atoms with van der Waals surface area (Å²) in [5.74, 6) is 0. The van der Waals surface area contributed by atoms with Gasteiger partial charge in [-0.1, -0.05) is 35.9 Å². The Balaban J connectivity index is -0.000000150. The van der Waals surface area contributed by atoms with E-state index in [2.05, 4.69) is 19.1 Å². The summed E-state index contributed by atoms with van der Waals surface area (Å²) in [6, 6.07) is 10.3. The van der Waals surface area contributed by atoms with Crippen molar-refractivity contribution < 1.29 is 15.0 Å². The van der Waals surface area contributed by atoms with Crippen molar-refractivity contribution in [2.45, 2.75) is 6.92 Å². The van der Waals surface area contributed by atoms with Crippen LogP contribution in [-0.4, -0.2) is 45.9 Å². The fourth-order valence-electron chi connectivity index (χ4n) is 0.534. The van der Waals surface area contributed by atoms with Crippen molar-refractivity contribution in [2.24, 2.45) is 0 Å². The fraction of sp³-hybridized carbons (Fsp3) is 0.125. The molecule has 0 aromatic heterocycles. The topological polar surface area (TPSA) is 57.5 Å². The van der Waals surface area contributed by atoms with E-state index in [0.29, 0.717) is 0 Å². The second-order valence-electron chi connectivity index (χ2n) is 1.94. The monoisotopic (exact) mass is 214 g/mol. The molecule has 0 unspecified atom stereocenters. The first-order valence-electron chi connectivity index (χ1n) is 3.06. The molecule has 0 radical (unpaired) electrons. The van der Waals surface area contributed by atoms with Gasteiger partial charge < -0.3 is 10.2 Å². The van der Waals surface area contributed by atoms with Crippen molar-refractivity contribution in [3.05, 3.63) is 35.9 Å². The zero-order valence-corrected chi connectivity index (χ0v) is 7.41. The van der Waals surface area contributed by atoms with Gasteiger partial charge in [-0.2, -0.15) is 0 Å². The normalized spacial score (nSPS) is 6.54. The molecule has 1 aromatic rings. The number of benzene rings is 1. The van der Waals surface area contributed by atoms with Gasteiger partial charge in [-0.3, -0.25) is 0 Å². The number of carbonyl (C=O) groups is 1. The van der Waals surface area contributed by atoms with Crippen LogP contribution in [0, 0.1) is 6.92 Å². The number of aryl methyl sites for hydroxylation is 1. The molecule has 0 aliphatic heterocycles. The van der Waals surface area contributed by atoms with Gasteiger partial charge in [0.15, 0.2) is 0 Å². The van der Waals surface area contributed by atoms with E-state index in [-0.39, 0.29) is 42.0 Å². The molecule has 0 fully saturated rings. The Morgan fingerprint density at radius 3 is 1.62 bits per heavy atom. The van der Waals surface area contributed by atoms with Gasteiger partial charge in [0.05, 0.1) is 0 Å². The average molecular weight is 215 g/mol. The third kappa shape index (κ3) is 18.6. The summed E-state index contributed by atoms with van der Waals surface area (Å²) in [6.07, 6.45) is -1.83. The van der Waals surface area contributed by atoms with Crippen LogP contribution in [0.3, 0.4) is 0 Å². The van der Waals surface area contributed by atoms with Crippen LogP contribution in [0.15, 0.2) is 30.3 Å².